The molecule has 4 rings (SSSR count). The highest BCUT2D eigenvalue weighted by molar-refractivity contribution is 6.04. The molecule has 1 atom stereocenters. The van der Waals surface area contributed by atoms with Gasteiger partial charge in [0.25, 0.3) is 11.5 Å². The Labute approximate surface area is 188 Å². The lowest BCUT2D eigenvalue weighted by molar-refractivity contribution is -0.138. The Bertz CT molecular complexity index is 1440. The number of halogens is 3. The van der Waals surface area contributed by atoms with Crippen LogP contribution >= 0.6 is 0 Å². The third-order valence-electron chi connectivity index (χ3n) is 5.32. The van der Waals surface area contributed by atoms with Gasteiger partial charge in [0.2, 0.25) is 0 Å². The Morgan fingerprint density at radius 1 is 1.21 bits per heavy atom. The maximum Gasteiger partial charge on any atom is 0.416 e. The van der Waals surface area contributed by atoms with Crippen LogP contribution in [0.4, 0.5) is 13.2 Å². The first-order valence-corrected chi connectivity index (χ1v) is 9.69. The van der Waals surface area contributed by atoms with Gasteiger partial charge in [-0.25, -0.2) is 0 Å². The summed E-state index contributed by atoms with van der Waals surface area (Å²) in [5.74, 6) is -3.30. The number of carboxylic acid groups (broad SMARTS) is 1. The maximum absolute atomic E-state index is 13.2. The molecule has 3 N–H and O–H groups in total. The van der Waals surface area contributed by atoms with Crippen LogP contribution in [0.2, 0.25) is 0 Å². The predicted molar refractivity (Wildman–Crippen MR) is 109 cm³/mol. The van der Waals surface area contributed by atoms with Crippen molar-refractivity contribution < 1.29 is 37.7 Å². The van der Waals surface area contributed by atoms with Crippen molar-refractivity contribution in [2.24, 2.45) is 0 Å². The number of ether oxygens (including phenoxy) is 1. The molecule has 0 saturated heterocycles. The number of nitrogens with zero attached hydrogens (tertiary/aromatic N) is 2. The molecule has 1 amide bonds. The van der Waals surface area contributed by atoms with Crippen LogP contribution in [0, 0.1) is 11.3 Å². The highest BCUT2D eigenvalue weighted by Gasteiger charge is 2.33. The van der Waals surface area contributed by atoms with Gasteiger partial charge in [-0.1, -0.05) is 12.1 Å². The number of nitrogens with one attached hydrogen (secondary N) is 1. The molecule has 0 bridgehead atoms. The number of benzene rings is 2. The standard InChI is InChI=1S/C22H14F3N3O6/c23-22(24,25)12-4-1-10(2-5-12)14-9-28-17-13(6-3-11(7-26)19(17)34-14)18(31)16(21(28)33)20(32)27-8-15(29)30/h1-6,14,31H,8-9H2,(H,27,32)(H,29,30). The zero-order valence-electron chi connectivity index (χ0n) is 17.0. The first kappa shape index (κ1) is 22.7. The SMILES string of the molecule is N#Cc1ccc2c(O)c(C(=O)NCC(=O)O)c(=O)n3c2c1OC(c1ccc(C(F)(F)F)cc1)C3. The third-order valence-corrected chi connectivity index (χ3v) is 5.32. The zero-order chi connectivity index (χ0) is 24.8. The molecule has 12 heteroatoms. The molecule has 3 aromatic rings. The number of aromatic nitrogens is 1. The molecular formula is C22H14F3N3O6. The van der Waals surface area contributed by atoms with E-state index < -0.39 is 53.1 Å². The zero-order valence-corrected chi connectivity index (χ0v) is 17.0. The molecule has 34 heavy (non-hydrogen) atoms. The highest BCUT2D eigenvalue weighted by atomic mass is 19.4. The van der Waals surface area contributed by atoms with Crippen molar-refractivity contribution in [3.8, 4) is 17.6 Å². The summed E-state index contributed by atoms with van der Waals surface area (Å²) in [5.41, 5.74) is -2.27. The summed E-state index contributed by atoms with van der Waals surface area (Å²) in [6.45, 7) is -1.05. The van der Waals surface area contributed by atoms with Gasteiger partial charge in [-0.05, 0) is 29.8 Å². The van der Waals surface area contributed by atoms with Gasteiger partial charge >= 0.3 is 12.1 Å². The molecule has 2 heterocycles. The van der Waals surface area contributed by atoms with Crippen molar-refractivity contribution in [3.05, 3.63) is 69.0 Å². The monoisotopic (exact) mass is 473 g/mol. The molecule has 0 fully saturated rings. The second kappa shape index (κ2) is 8.11. The van der Waals surface area contributed by atoms with E-state index in [2.05, 4.69) is 0 Å². The summed E-state index contributed by atoms with van der Waals surface area (Å²) >= 11 is 0. The number of alkyl halides is 3. The van der Waals surface area contributed by atoms with Crippen LogP contribution in [-0.4, -0.2) is 33.2 Å². The van der Waals surface area contributed by atoms with Gasteiger partial charge < -0.3 is 20.3 Å². The fourth-order valence-electron chi connectivity index (χ4n) is 3.74. The van der Waals surface area contributed by atoms with Gasteiger partial charge in [0.15, 0.2) is 5.75 Å². The number of pyridine rings is 1. The molecule has 2 aromatic carbocycles. The van der Waals surface area contributed by atoms with E-state index >= 15 is 0 Å². The molecule has 1 aliphatic rings. The van der Waals surface area contributed by atoms with Gasteiger partial charge in [0, 0.05) is 5.39 Å². The maximum atomic E-state index is 13.2. The Hall–Kier alpha value is -4.53. The molecule has 1 unspecified atom stereocenters. The topological polar surface area (TPSA) is 142 Å². The van der Waals surface area contributed by atoms with Gasteiger partial charge in [0.1, 0.15) is 30.0 Å². The molecular weight excluding hydrogens is 459 g/mol. The van der Waals surface area contributed by atoms with Crippen molar-refractivity contribution in [2.45, 2.75) is 18.8 Å². The number of aliphatic carboxylic acids is 1. The molecule has 9 nitrogen and oxygen atoms in total. The summed E-state index contributed by atoms with van der Waals surface area (Å²) < 4.78 is 45.7. The van der Waals surface area contributed by atoms with Crippen LogP contribution in [0.1, 0.15) is 33.2 Å². The average molecular weight is 473 g/mol. The van der Waals surface area contributed by atoms with E-state index in [1.165, 1.54) is 24.3 Å². The molecule has 174 valence electrons. The molecule has 1 aromatic heterocycles. The second-order valence-corrected chi connectivity index (χ2v) is 7.39. The summed E-state index contributed by atoms with van der Waals surface area (Å²) in [6.07, 6.45) is -5.55. The van der Waals surface area contributed by atoms with Crippen LogP contribution in [0.15, 0.2) is 41.2 Å². The van der Waals surface area contributed by atoms with Crippen LogP contribution in [0.3, 0.4) is 0 Å². The van der Waals surface area contributed by atoms with Crippen molar-refractivity contribution in [3.63, 3.8) is 0 Å². The van der Waals surface area contributed by atoms with Crippen molar-refractivity contribution in [2.75, 3.05) is 6.54 Å². The van der Waals surface area contributed by atoms with Gasteiger partial charge in [-0.15, -0.1) is 0 Å². The summed E-state index contributed by atoms with van der Waals surface area (Å²) in [6, 6.07) is 8.55. The fourth-order valence-corrected chi connectivity index (χ4v) is 3.74. The van der Waals surface area contributed by atoms with E-state index in [-0.39, 0.29) is 34.3 Å². The molecule has 0 saturated carbocycles. The minimum Gasteiger partial charge on any atom is -0.506 e. The van der Waals surface area contributed by atoms with Crippen molar-refractivity contribution in [1.82, 2.24) is 9.88 Å². The first-order valence-electron chi connectivity index (χ1n) is 9.69. The van der Waals surface area contributed by atoms with Gasteiger partial charge in [-0.2, -0.15) is 18.4 Å². The van der Waals surface area contributed by atoms with Crippen molar-refractivity contribution in [1.29, 1.82) is 5.26 Å². The van der Waals surface area contributed by atoms with E-state index in [4.69, 9.17) is 9.84 Å². The number of carbonyl (C=O) groups excluding carboxylic acids is 1. The molecule has 0 radical (unpaired) electrons. The molecule has 0 spiro atoms. The summed E-state index contributed by atoms with van der Waals surface area (Å²) in [4.78, 5) is 36.4. The number of amides is 1. The number of nitriles is 1. The summed E-state index contributed by atoms with van der Waals surface area (Å²) in [5, 5.41) is 30.9. The number of hydrogen-bond acceptors (Lipinski definition) is 6. The fraction of sp³-hybridized carbons (Fsp3) is 0.182. The van der Waals surface area contributed by atoms with Gasteiger partial charge in [-0.3, -0.25) is 19.0 Å². The number of hydrogen-bond donors (Lipinski definition) is 3. The lowest BCUT2D eigenvalue weighted by atomic mass is 10.0. The Balaban J connectivity index is 1.87. The predicted octanol–water partition coefficient (Wildman–Crippen LogP) is 2.55. The Morgan fingerprint density at radius 2 is 1.88 bits per heavy atom. The van der Waals surface area contributed by atoms with E-state index in [0.717, 1.165) is 16.7 Å². The minimum absolute atomic E-state index is 0.0000515. The second-order valence-electron chi connectivity index (χ2n) is 7.39. The number of carboxylic acids is 1. The molecule has 0 aliphatic carbocycles. The minimum atomic E-state index is -4.55. The molecule has 1 aliphatic heterocycles. The van der Waals surface area contributed by atoms with Crippen LogP contribution < -0.4 is 15.6 Å². The number of carbonyl (C=O) groups is 2. The van der Waals surface area contributed by atoms with Crippen LogP contribution in [0.5, 0.6) is 11.5 Å². The number of rotatable bonds is 4. The largest absolute Gasteiger partial charge is 0.506 e. The summed E-state index contributed by atoms with van der Waals surface area (Å²) in [7, 11) is 0. The van der Waals surface area contributed by atoms with E-state index in [9.17, 15) is 37.9 Å². The first-order chi connectivity index (χ1) is 16.0. The average Bonchev–Trinajstić information content (AvgIpc) is 2.80. The van der Waals surface area contributed by atoms with E-state index in [1.807, 2.05) is 11.4 Å². The number of aromatic hydroxyl groups is 1. The smallest absolute Gasteiger partial charge is 0.416 e. The Morgan fingerprint density at radius 3 is 2.47 bits per heavy atom. The Kier molecular flexibility index (Phi) is 5.40. The van der Waals surface area contributed by atoms with E-state index in [1.54, 1.807) is 0 Å². The van der Waals surface area contributed by atoms with Crippen LogP contribution in [-0.2, 0) is 17.5 Å². The van der Waals surface area contributed by atoms with Crippen molar-refractivity contribution >= 4 is 22.8 Å². The normalized spacial score (nSPS) is 14.8. The third kappa shape index (κ3) is 3.77. The lowest BCUT2D eigenvalue weighted by Crippen LogP contribution is -2.38. The van der Waals surface area contributed by atoms with Gasteiger partial charge in [0.05, 0.1) is 23.2 Å². The van der Waals surface area contributed by atoms with Crippen LogP contribution in [0.25, 0.3) is 10.9 Å². The quantitative estimate of drug-likeness (QED) is 0.529. The van der Waals surface area contributed by atoms with E-state index in [0.29, 0.717) is 0 Å². The highest BCUT2D eigenvalue weighted by Crippen LogP contribution is 2.41. The lowest BCUT2D eigenvalue weighted by Gasteiger charge is -2.29.